The first-order chi connectivity index (χ1) is 10.6. The molecule has 3 rings (SSSR count). The smallest absolute Gasteiger partial charge is 0.344 e. The fourth-order valence-corrected chi connectivity index (χ4v) is 2.98. The van der Waals surface area contributed by atoms with Crippen molar-refractivity contribution in [2.75, 3.05) is 19.5 Å². The highest BCUT2D eigenvalue weighted by Crippen LogP contribution is 2.42. The predicted octanol–water partition coefficient (Wildman–Crippen LogP) is 3.59. The molecule has 0 fully saturated rings. The lowest BCUT2D eigenvalue weighted by molar-refractivity contribution is 0.0435. The SMILES string of the molecule is COc1ccc2c(c1OC)C(=O)OC2Nc1cccc(I)c1. The summed E-state index contributed by atoms with van der Waals surface area (Å²) in [6.07, 6.45) is -0.541. The molecule has 6 heteroatoms. The summed E-state index contributed by atoms with van der Waals surface area (Å²) in [5.74, 6) is 0.485. The molecular weight excluding hydrogens is 397 g/mol. The maximum atomic E-state index is 12.2. The number of halogens is 1. The van der Waals surface area contributed by atoms with Gasteiger partial charge in [-0.25, -0.2) is 4.79 Å². The van der Waals surface area contributed by atoms with Crippen molar-refractivity contribution < 1.29 is 19.0 Å². The van der Waals surface area contributed by atoms with E-state index in [0.29, 0.717) is 17.1 Å². The van der Waals surface area contributed by atoms with Gasteiger partial charge in [0, 0.05) is 14.8 Å². The van der Waals surface area contributed by atoms with Crippen molar-refractivity contribution in [3.63, 3.8) is 0 Å². The van der Waals surface area contributed by atoms with Gasteiger partial charge in [-0.3, -0.25) is 0 Å². The number of anilines is 1. The zero-order valence-electron chi connectivity index (χ0n) is 12.1. The molecule has 5 nitrogen and oxygen atoms in total. The van der Waals surface area contributed by atoms with E-state index in [4.69, 9.17) is 14.2 Å². The van der Waals surface area contributed by atoms with E-state index in [1.807, 2.05) is 30.3 Å². The summed E-state index contributed by atoms with van der Waals surface area (Å²) in [4.78, 5) is 12.2. The van der Waals surface area contributed by atoms with E-state index in [9.17, 15) is 4.79 Å². The van der Waals surface area contributed by atoms with Crippen molar-refractivity contribution in [3.8, 4) is 11.5 Å². The summed E-state index contributed by atoms with van der Waals surface area (Å²) in [6.45, 7) is 0. The van der Waals surface area contributed by atoms with E-state index in [0.717, 1.165) is 14.8 Å². The van der Waals surface area contributed by atoms with Gasteiger partial charge in [-0.15, -0.1) is 0 Å². The predicted molar refractivity (Wildman–Crippen MR) is 90.5 cm³/mol. The Bertz CT molecular complexity index is 732. The van der Waals surface area contributed by atoms with Crippen LogP contribution in [0.5, 0.6) is 11.5 Å². The first-order valence-corrected chi connectivity index (χ1v) is 7.70. The fraction of sp³-hybridized carbons (Fsp3) is 0.188. The summed E-state index contributed by atoms with van der Waals surface area (Å²) in [6, 6.07) is 11.4. The molecule has 0 spiro atoms. The van der Waals surface area contributed by atoms with E-state index in [1.165, 1.54) is 14.2 Å². The van der Waals surface area contributed by atoms with Gasteiger partial charge in [-0.05, 0) is 52.9 Å². The van der Waals surface area contributed by atoms with Crippen LogP contribution in [-0.2, 0) is 4.74 Å². The third-order valence-electron chi connectivity index (χ3n) is 3.41. The van der Waals surface area contributed by atoms with E-state index in [2.05, 4.69) is 27.9 Å². The molecule has 1 aliphatic rings. The lowest BCUT2D eigenvalue weighted by atomic mass is 10.1. The van der Waals surface area contributed by atoms with E-state index in [1.54, 1.807) is 6.07 Å². The molecule has 1 unspecified atom stereocenters. The van der Waals surface area contributed by atoms with Crippen LogP contribution in [0.25, 0.3) is 0 Å². The normalized spacial score (nSPS) is 16.0. The third-order valence-corrected chi connectivity index (χ3v) is 4.08. The second-order valence-electron chi connectivity index (χ2n) is 4.71. The molecule has 1 aliphatic heterocycles. The molecule has 1 N–H and O–H groups in total. The topological polar surface area (TPSA) is 56.8 Å². The second kappa shape index (κ2) is 6.04. The quantitative estimate of drug-likeness (QED) is 0.616. The zero-order valence-corrected chi connectivity index (χ0v) is 14.2. The van der Waals surface area contributed by atoms with Gasteiger partial charge in [-0.2, -0.15) is 0 Å². The van der Waals surface area contributed by atoms with Gasteiger partial charge >= 0.3 is 5.97 Å². The Morgan fingerprint density at radius 3 is 2.68 bits per heavy atom. The van der Waals surface area contributed by atoms with Crippen LogP contribution in [-0.4, -0.2) is 20.2 Å². The van der Waals surface area contributed by atoms with Crippen molar-refractivity contribution in [2.24, 2.45) is 0 Å². The van der Waals surface area contributed by atoms with Crippen LogP contribution in [0.2, 0.25) is 0 Å². The van der Waals surface area contributed by atoms with Crippen LogP contribution in [0.3, 0.4) is 0 Å². The molecule has 1 heterocycles. The fourth-order valence-electron chi connectivity index (χ4n) is 2.44. The minimum absolute atomic E-state index is 0.400. The molecule has 0 radical (unpaired) electrons. The monoisotopic (exact) mass is 411 g/mol. The molecule has 0 saturated heterocycles. The van der Waals surface area contributed by atoms with Crippen LogP contribution in [0.4, 0.5) is 5.69 Å². The number of cyclic esters (lactones) is 1. The molecule has 0 saturated carbocycles. The minimum atomic E-state index is -0.541. The number of fused-ring (bicyclic) bond motifs is 1. The molecule has 0 bridgehead atoms. The van der Waals surface area contributed by atoms with E-state index >= 15 is 0 Å². The number of esters is 1. The number of nitrogens with one attached hydrogen (secondary N) is 1. The van der Waals surface area contributed by atoms with Crippen LogP contribution in [0.15, 0.2) is 36.4 Å². The summed E-state index contributed by atoms with van der Waals surface area (Å²) in [5.41, 5.74) is 2.03. The number of hydrogen-bond donors (Lipinski definition) is 1. The van der Waals surface area contributed by atoms with Crippen molar-refractivity contribution in [1.29, 1.82) is 0 Å². The van der Waals surface area contributed by atoms with Crippen LogP contribution >= 0.6 is 22.6 Å². The molecule has 0 aliphatic carbocycles. The van der Waals surface area contributed by atoms with Crippen LogP contribution < -0.4 is 14.8 Å². The Morgan fingerprint density at radius 1 is 1.18 bits per heavy atom. The molecule has 0 amide bonds. The molecule has 0 aromatic heterocycles. The number of hydrogen-bond acceptors (Lipinski definition) is 5. The van der Waals surface area contributed by atoms with Crippen LogP contribution in [0.1, 0.15) is 22.1 Å². The number of carbonyl (C=O) groups is 1. The largest absolute Gasteiger partial charge is 0.493 e. The Balaban J connectivity index is 1.98. The highest BCUT2D eigenvalue weighted by Gasteiger charge is 2.35. The van der Waals surface area contributed by atoms with Gasteiger partial charge in [-0.1, -0.05) is 6.07 Å². The summed E-state index contributed by atoms with van der Waals surface area (Å²) in [7, 11) is 3.04. The number of rotatable bonds is 4. The first-order valence-electron chi connectivity index (χ1n) is 6.62. The van der Waals surface area contributed by atoms with Crippen molar-refractivity contribution in [3.05, 3.63) is 51.1 Å². The van der Waals surface area contributed by atoms with Gasteiger partial charge in [0.05, 0.1) is 14.2 Å². The van der Waals surface area contributed by atoms with Gasteiger partial charge in [0.2, 0.25) is 6.23 Å². The zero-order chi connectivity index (χ0) is 15.7. The highest BCUT2D eigenvalue weighted by molar-refractivity contribution is 14.1. The number of methoxy groups -OCH3 is 2. The average Bonchev–Trinajstić information content (AvgIpc) is 2.82. The first kappa shape index (κ1) is 15.0. The molecule has 2 aromatic rings. The van der Waals surface area contributed by atoms with Gasteiger partial charge < -0.3 is 19.5 Å². The van der Waals surface area contributed by atoms with Crippen molar-refractivity contribution in [2.45, 2.75) is 6.23 Å². The standard InChI is InChI=1S/C16H14INO4/c1-20-12-7-6-11-13(14(12)21-2)16(19)22-15(11)18-10-5-3-4-9(17)8-10/h3-8,15,18H,1-2H3. The van der Waals surface area contributed by atoms with Crippen molar-refractivity contribution in [1.82, 2.24) is 0 Å². The average molecular weight is 411 g/mol. The molecule has 1 atom stereocenters. The Labute approximate surface area is 141 Å². The Kier molecular flexibility index (Phi) is 4.10. The minimum Gasteiger partial charge on any atom is -0.493 e. The van der Waals surface area contributed by atoms with E-state index in [-0.39, 0.29) is 0 Å². The molecular formula is C16H14INO4. The number of ether oxygens (including phenoxy) is 3. The van der Waals surface area contributed by atoms with Crippen molar-refractivity contribution >= 4 is 34.2 Å². The maximum absolute atomic E-state index is 12.2. The second-order valence-corrected chi connectivity index (χ2v) is 5.95. The number of carbonyl (C=O) groups excluding carboxylic acids is 1. The van der Waals surface area contributed by atoms with Gasteiger partial charge in [0.15, 0.2) is 11.5 Å². The third kappa shape index (κ3) is 2.58. The molecule has 2 aromatic carbocycles. The summed E-state index contributed by atoms with van der Waals surface area (Å²) >= 11 is 2.23. The Morgan fingerprint density at radius 2 is 2.00 bits per heavy atom. The highest BCUT2D eigenvalue weighted by atomic mass is 127. The summed E-state index contributed by atoms with van der Waals surface area (Å²) < 4.78 is 17.1. The lowest BCUT2D eigenvalue weighted by Gasteiger charge is -2.15. The summed E-state index contributed by atoms with van der Waals surface area (Å²) in [5, 5.41) is 3.21. The lowest BCUT2D eigenvalue weighted by Crippen LogP contribution is -2.10. The Hall–Kier alpha value is -1.96. The van der Waals surface area contributed by atoms with Gasteiger partial charge in [0.25, 0.3) is 0 Å². The van der Waals surface area contributed by atoms with Gasteiger partial charge in [0.1, 0.15) is 5.56 Å². The van der Waals surface area contributed by atoms with E-state index < -0.39 is 12.2 Å². The number of benzene rings is 2. The maximum Gasteiger partial charge on any atom is 0.344 e. The molecule has 22 heavy (non-hydrogen) atoms. The van der Waals surface area contributed by atoms with Crippen LogP contribution in [0, 0.1) is 3.57 Å². The molecule has 114 valence electrons.